The number of carboxylic acids is 1. The van der Waals surface area contributed by atoms with Crippen molar-refractivity contribution >= 4 is 17.8 Å². The second kappa shape index (κ2) is 34.9. The minimum atomic E-state index is -1.02. The van der Waals surface area contributed by atoms with Crippen LogP contribution in [0.2, 0.25) is 0 Å². The standard InChI is InChI=1S/C40H72N2O5/c1-3-5-7-9-11-13-14-15-16-18-20-22-28-34-39(44)47-36(30-25-21-19-17-12-10-8-6-4-2)31-26-23-24-27-33-38(43)42-37(40(45)46)32-29-35-41/h13-14,17,19,25,30,36-37H,3-12,15-16,18,20-24,26-29,31-35,41H2,1-2H3,(H,42,43)(H,45,46)/b14-13-,19-17-,30-25-. The van der Waals surface area contributed by atoms with E-state index in [0.717, 1.165) is 64.2 Å². The molecule has 0 saturated carbocycles. The molecule has 0 saturated heterocycles. The van der Waals surface area contributed by atoms with Crippen LogP contribution in [0.3, 0.4) is 0 Å². The van der Waals surface area contributed by atoms with Crippen LogP contribution in [0.1, 0.15) is 181 Å². The number of carbonyl (C=O) groups excluding carboxylic acids is 2. The second-order valence-electron chi connectivity index (χ2n) is 13.0. The molecule has 0 aromatic rings. The monoisotopic (exact) mass is 661 g/mol. The van der Waals surface area contributed by atoms with Gasteiger partial charge in [0.25, 0.3) is 0 Å². The highest BCUT2D eigenvalue weighted by atomic mass is 16.5. The average molecular weight is 661 g/mol. The normalized spacial score (nSPS) is 13.1. The fourth-order valence-electron chi connectivity index (χ4n) is 5.45. The zero-order valence-electron chi connectivity index (χ0n) is 30.4. The van der Waals surface area contributed by atoms with E-state index in [1.165, 1.54) is 70.6 Å². The van der Waals surface area contributed by atoms with Crippen LogP contribution < -0.4 is 11.1 Å². The van der Waals surface area contributed by atoms with E-state index in [4.69, 9.17) is 10.5 Å². The largest absolute Gasteiger partial charge is 0.480 e. The first-order valence-corrected chi connectivity index (χ1v) is 19.3. The molecule has 0 rings (SSSR count). The first-order chi connectivity index (χ1) is 22.9. The fraction of sp³-hybridized carbons (Fsp3) is 0.775. The van der Waals surface area contributed by atoms with Gasteiger partial charge < -0.3 is 20.9 Å². The topological polar surface area (TPSA) is 119 Å². The third-order valence-electron chi connectivity index (χ3n) is 8.41. The molecule has 0 fully saturated rings. The van der Waals surface area contributed by atoms with Crippen molar-refractivity contribution in [2.24, 2.45) is 5.73 Å². The first-order valence-electron chi connectivity index (χ1n) is 19.3. The van der Waals surface area contributed by atoms with Crippen LogP contribution in [-0.2, 0) is 19.1 Å². The summed E-state index contributed by atoms with van der Waals surface area (Å²) in [5.74, 6) is -1.36. The molecule has 1 amide bonds. The van der Waals surface area contributed by atoms with E-state index in [1.807, 2.05) is 6.08 Å². The number of hydrogen-bond donors (Lipinski definition) is 3. The van der Waals surface area contributed by atoms with Gasteiger partial charge in [-0.2, -0.15) is 0 Å². The van der Waals surface area contributed by atoms with Gasteiger partial charge in [0.2, 0.25) is 5.91 Å². The number of allylic oxidation sites excluding steroid dienone is 5. The number of amides is 1. The smallest absolute Gasteiger partial charge is 0.326 e. The van der Waals surface area contributed by atoms with Crippen molar-refractivity contribution in [1.29, 1.82) is 0 Å². The molecule has 0 aromatic carbocycles. The van der Waals surface area contributed by atoms with Crippen LogP contribution in [0.25, 0.3) is 0 Å². The van der Waals surface area contributed by atoms with Crippen LogP contribution in [0.4, 0.5) is 0 Å². The number of ether oxygens (including phenoxy) is 1. The molecule has 272 valence electrons. The summed E-state index contributed by atoms with van der Waals surface area (Å²) in [5, 5.41) is 11.9. The molecule has 0 aliphatic rings. The Balaban J connectivity index is 4.42. The molecule has 0 radical (unpaired) electrons. The van der Waals surface area contributed by atoms with Gasteiger partial charge >= 0.3 is 11.9 Å². The van der Waals surface area contributed by atoms with Crippen LogP contribution in [0.15, 0.2) is 36.5 Å². The lowest BCUT2D eigenvalue weighted by Gasteiger charge is -2.15. The summed E-state index contributed by atoms with van der Waals surface area (Å²) in [5.41, 5.74) is 5.47. The summed E-state index contributed by atoms with van der Waals surface area (Å²) in [6.07, 6.45) is 39.1. The Morgan fingerprint density at radius 2 is 1.17 bits per heavy atom. The van der Waals surface area contributed by atoms with Gasteiger partial charge in [-0.1, -0.05) is 115 Å². The third-order valence-corrected chi connectivity index (χ3v) is 8.41. The lowest BCUT2D eigenvalue weighted by molar-refractivity contribution is -0.147. The van der Waals surface area contributed by atoms with Crippen LogP contribution in [0.5, 0.6) is 0 Å². The molecule has 0 aromatic heterocycles. The molecule has 47 heavy (non-hydrogen) atoms. The van der Waals surface area contributed by atoms with E-state index in [0.29, 0.717) is 38.6 Å². The van der Waals surface area contributed by atoms with Gasteiger partial charge in [0.15, 0.2) is 0 Å². The Labute approximate surface area is 288 Å². The minimum absolute atomic E-state index is 0.114. The lowest BCUT2D eigenvalue weighted by atomic mass is 10.1. The zero-order chi connectivity index (χ0) is 34.6. The van der Waals surface area contributed by atoms with E-state index in [-0.39, 0.29) is 18.0 Å². The SMILES string of the molecule is CCCCCC/C=C\C/C=C\C(CCCCCCC(=O)NC(CCCN)C(=O)O)OC(=O)CCCCCCC/C=C\CCCCCC. The Bertz CT molecular complexity index is 838. The average Bonchev–Trinajstić information content (AvgIpc) is 3.05. The quantitative estimate of drug-likeness (QED) is 0.0359. The van der Waals surface area contributed by atoms with E-state index < -0.39 is 12.0 Å². The molecule has 0 spiro atoms. The number of carboxylic acid groups (broad SMARTS) is 1. The number of carbonyl (C=O) groups is 3. The van der Waals surface area contributed by atoms with Gasteiger partial charge in [-0.05, 0) is 96.1 Å². The summed E-state index contributed by atoms with van der Waals surface area (Å²) in [7, 11) is 0. The summed E-state index contributed by atoms with van der Waals surface area (Å²) in [6.45, 7) is 4.88. The predicted molar refractivity (Wildman–Crippen MR) is 197 cm³/mol. The molecule has 4 N–H and O–H groups in total. The van der Waals surface area contributed by atoms with Gasteiger partial charge in [-0.25, -0.2) is 4.79 Å². The van der Waals surface area contributed by atoms with Crippen LogP contribution in [0, 0.1) is 0 Å². The Kier molecular flexibility index (Phi) is 33.1. The molecular weight excluding hydrogens is 588 g/mol. The van der Waals surface area contributed by atoms with Gasteiger partial charge in [0.05, 0.1) is 0 Å². The highest BCUT2D eigenvalue weighted by Crippen LogP contribution is 2.15. The molecule has 0 heterocycles. The predicted octanol–water partition coefficient (Wildman–Crippen LogP) is 10.3. The summed E-state index contributed by atoms with van der Waals surface area (Å²) < 4.78 is 5.89. The maximum Gasteiger partial charge on any atom is 0.326 e. The summed E-state index contributed by atoms with van der Waals surface area (Å²) in [6, 6.07) is -0.874. The highest BCUT2D eigenvalue weighted by molar-refractivity contribution is 5.83. The minimum Gasteiger partial charge on any atom is -0.480 e. The number of nitrogens with one attached hydrogen (secondary N) is 1. The van der Waals surface area contributed by atoms with Crippen LogP contribution in [-0.4, -0.2) is 41.6 Å². The Morgan fingerprint density at radius 1 is 0.638 bits per heavy atom. The molecule has 0 aliphatic heterocycles. The Hall–Kier alpha value is -2.41. The number of hydrogen-bond acceptors (Lipinski definition) is 5. The van der Waals surface area contributed by atoms with Crippen molar-refractivity contribution in [2.45, 2.75) is 193 Å². The molecular formula is C40H72N2O5. The zero-order valence-corrected chi connectivity index (χ0v) is 30.4. The van der Waals surface area contributed by atoms with Crippen molar-refractivity contribution in [1.82, 2.24) is 5.32 Å². The van der Waals surface area contributed by atoms with E-state index in [1.54, 1.807) is 0 Å². The number of unbranched alkanes of at least 4 members (excludes halogenated alkanes) is 16. The van der Waals surface area contributed by atoms with Gasteiger partial charge in [-0.3, -0.25) is 9.59 Å². The van der Waals surface area contributed by atoms with Gasteiger partial charge in [-0.15, -0.1) is 0 Å². The Morgan fingerprint density at radius 3 is 1.77 bits per heavy atom. The fourth-order valence-corrected chi connectivity index (χ4v) is 5.45. The van der Waals surface area contributed by atoms with Crippen molar-refractivity contribution in [3.05, 3.63) is 36.5 Å². The second-order valence-corrected chi connectivity index (χ2v) is 13.0. The lowest BCUT2D eigenvalue weighted by Crippen LogP contribution is -2.40. The van der Waals surface area contributed by atoms with Crippen molar-refractivity contribution in [2.75, 3.05) is 6.54 Å². The van der Waals surface area contributed by atoms with Gasteiger partial charge in [0, 0.05) is 12.8 Å². The maximum absolute atomic E-state index is 12.7. The third kappa shape index (κ3) is 31.9. The molecule has 0 aliphatic carbocycles. The molecule has 2 atom stereocenters. The van der Waals surface area contributed by atoms with Crippen LogP contribution >= 0.6 is 0 Å². The molecule has 0 bridgehead atoms. The number of rotatable bonds is 34. The van der Waals surface area contributed by atoms with Crippen molar-refractivity contribution in [3.63, 3.8) is 0 Å². The number of nitrogens with two attached hydrogens (primary N) is 1. The van der Waals surface area contributed by atoms with Gasteiger partial charge in [0.1, 0.15) is 12.1 Å². The summed E-state index contributed by atoms with van der Waals surface area (Å²) in [4.78, 5) is 36.2. The molecule has 7 nitrogen and oxygen atoms in total. The number of aliphatic carboxylic acids is 1. The first kappa shape index (κ1) is 44.6. The molecule has 7 heteroatoms. The van der Waals surface area contributed by atoms with E-state index in [2.05, 4.69) is 49.5 Å². The van der Waals surface area contributed by atoms with Crippen molar-refractivity contribution < 1.29 is 24.2 Å². The van der Waals surface area contributed by atoms with Crippen molar-refractivity contribution in [3.8, 4) is 0 Å². The van der Waals surface area contributed by atoms with E-state index in [9.17, 15) is 19.5 Å². The highest BCUT2D eigenvalue weighted by Gasteiger charge is 2.19. The summed E-state index contributed by atoms with van der Waals surface area (Å²) >= 11 is 0. The van der Waals surface area contributed by atoms with E-state index >= 15 is 0 Å². The number of esters is 1. The molecule has 2 unspecified atom stereocenters. The maximum atomic E-state index is 12.7.